The summed E-state index contributed by atoms with van der Waals surface area (Å²) in [7, 11) is 0. The van der Waals surface area contributed by atoms with E-state index in [1.54, 1.807) is 12.1 Å². The van der Waals surface area contributed by atoms with Crippen molar-refractivity contribution >= 4 is 23.7 Å². The van der Waals surface area contributed by atoms with Gasteiger partial charge in [-0.3, -0.25) is 10.1 Å². The fourth-order valence-electron chi connectivity index (χ4n) is 1.21. The van der Waals surface area contributed by atoms with E-state index in [1.807, 2.05) is 6.92 Å². The molecule has 0 fully saturated rings. The Morgan fingerprint density at radius 3 is 2.95 bits per heavy atom. The molecule has 0 aliphatic rings. The Bertz CT molecular complexity index is 395. The van der Waals surface area contributed by atoms with Crippen LogP contribution in [0.15, 0.2) is 22.8 Å². The summed E-state index contributed by atoms with van der Waals surface area (Å²) in [6.07, 6.45) is 2.39. The van der Waals surface area contributed by atoms with Gasteiger partial charge < -0.3 is 15.5 Å². The van der Waals surface area contributed by atoms with Gasteiger partial charge in [-0.05, 0) is 18.6 Å². The number of urea groups is 1. The van der Waals surface area contributed by atoms with E-state index in [9.17, 15) is 9.59 Å². The molecule has 1 rings (SSSR count). The van der Waals surface area contributed by atoms with Crippen molar-refractivity contribution in [2.24, 2.45) is 5.73 Å². The van der Waals surface area contributed by atoms with E-state index in [1.165, 1.54) is 18.0 Å². The summed E-state index contributed by atoms with van der Waals surface area (Å²) in [5.41, 5.74) is 5.72. The molecule has 0 saturated heterocycles. The van der Waals surface area contributed by atoms with Gasteiger partial charge in [-0.25, -0.2) is 4.79 Å². The normalized spacial score (nSPS) is 11.9. The van der Waals surface area contributed by atoms with Crippen LogP contribution in [0.3, 0.4) is 0 Å². The first kappa shape index (κ1) is 15.6. The van der Waals surface area contributed by atoms with Gasteiger partial charge in [-0.2, -0.15) is 11.8 Å². The van der Waals surface area contributed by atoms with Crippen LogP contribution < -0.4 is 16.4 Å². The average molecular weight is 285 g/mol. The number of carbonyl (C=O) groups is 2. The number of thioether (sulfide) groups is 1. The van der Waals surface area contributed by atoms with Gasteiger partial charge in [0, 0.05) is 11.8 Å². The second kappa shape index (κ2) is 8.60. The Labute approximate surface area is 116 Å². The van der Waals surface area contributed by atoms with Crippen molar-refractivity contribution in [3.05, 3.63) is 24.2 Å². The molecular formula is C12H19N3O3S. The van der Waals surface area contributed by atoms with Crippen LogP contribution in [-0.2, 0) is 11.3 Å². The molecule has 1 unspecified atom stereocenters. The maximum absolute atomic E-state index is 11.4. The highest BCUT2D eigenvalue weighted by Crippen LogP contribution is 2.03. The Kier molecular flexibility index (Phi) is 7.06. The second-order valence-electron chi connectivity index (χ2n) is 3.99. The molecule has 0 saturated carbocycles. The minimum Gasteiger partial charge on any atom is -0.467 e. The molecule has 0 radical (unpaired) electrons. The fourth-order valence-corrected chi connectivity index (χ4v) is 2.12. The molecular weight excluding hydrogens is 266 g/mol. The van der Waals surface area contributed by atoms with E-state index in [2.05, 4.69) is 10.6 Å². The van der Waals surface area contributed by atoms with Gasteiger partial charge in [0.25, 0.3) is 0 Å². The Morgan fingerprint density at radius 1 is 1.53 bits per heavy atom. The number of furan rings is 1. The van der Waals surface area contributed by atoms with Crippen LogP contribution in [0.2, 0.25) is 0 Å². The number of nitrogens with two attached hydrogens (primary N) is 1. The third-order valence-corrected chi connectivity index (χ3v) is 3.48. The number of nitrogens with one attached hydrogen (secondary N) is 2. The van der Waals surface area contributed by atoms with E-state index < -0.39 is 6.03 Å². The minimum atomic E-state index is -0.526. The first-order valence-electron chi connectivity index (χ1n) is 6.05. The Morgan fingerprint density at radius 2 is 2.32 bits per heavy atom. The Balaban J connectivity index is 2.12. The van der Waals surface area contributed by atoms with Gasteiger partial charge in [-0.15, -0.1) is 0 Å². The van der Waals surface area contributed by atoms with Crippen molar-refractivity contribution in [2.45, 2.75) is 25.9 Å². The predicted molar refractivity (Wildman–Crippen MR) is 74.7 cm³/mol. The lowest BCUT2D eigenvalue weighted by atomic mass is 10.3. The highest BCUT2D eigenvalue weighted by Gasteiger charge is 2.08. The summed E-state index contributed by atoms with van der Waals surface area (Å²) < 4.78 is 5.05. The lowest BCUT2D eigenvalue weighted by molar-refractivity contribution is -0.117. The molecule has 3 amide bonds. The van der Waals surface area contributed by atoms with E-state index in [0.29, 0.717) is 11.5 Å². The monoisotopic (exact) mass is 285 g/mol. The quantitative estimate of drug-likeness (QED) is 0.696. The molecule has 1 atom stereocenters. The lowest BCUT2D eigenvalue weighted by Crippen LogP contribution is -2.40. The molecule has 0 aromatic carbocycles. The van der Waals surface area contributed by atoms with Crippen molar-refractivity contribution in [2.75, 3.05) is 11.5 Å². The smallest absolute Gasteiger partial charge is 0.321 e. The molecule has 19 heavy (non-hydrogen) atoms. The molecule has 0 aliphatic heterocycles. The van der Waals surface area contributed by atoms with Crippen LogP contribution in [-0.4, -0.2) is 29.5 Å². The van der Waals surface area contributed by atoms with Crippen molar-refractivity contribution in [1.29, 1.82) is 0 Å². The molecule has 1 heterocycles. The first-order valence-corrected chi connectivity index (χ1v) is 7.20. The number of hydrogen-bond acceptors (Lipinski definition) is 5. The van der Waals surface area contributed by atoms with Gasteiger partial charge in [0.1, 0.15) is 5.76 Å². The number of rotatable bonds is 7. The van der Waals surface area contributed by atoms with E-state index >= 15 is 0 Å². The van der Waals surface area contributed by atoms with Crippen LogP contribution in [0, 0.1) is 0 Å². The zero-order valence-corrected chi connectivity index (χ0v) is 11.7. The molecule has 0 spiro atoms. The summed E-state index contributed by atoms with van der Waals surface area (Å²) in [6.45, 7) is 2.24. The van der Waals surface area contributed by atoms with Crippen LogP contribution in [0.5, 0.6) is 0 Å². The van der Waals surface area contributed by atoms with E-state index in [0.717, 1.165) is 6.42 Å². The van der Waals surface area contributed by atoms with Crippen molar-refractivity contribution in [1.82, 2.24) is 10.6 Å². The molecule has 1 aromatic heterocycles. The number of carbonyl (C=O) groups excluding carboxylic acids is 2. The largest absolute Gasteiger partial charge is 0.467 e. The summed E-state index contributed by atoms with van der Waals surface area (Å²) in [5, 5.41) is 4.77. The maximum atomic E-state index is 11.4. The summed E-state index contributed by atoms with van der Waals surface area (Å²) in [5.74, 6) is 1.23. The van der Waals surface area contributed by atoms with Crippen molar-refractivity contribution < 1.29 is 14.0 Å². The van der Waals surface area contributed by atoms with Crippen LogP contribution in [0.4, 0.5) is 4.79 Å². The third-order valence-electron chi connectivity index (χ3n) is 2.35. The zero-order chi connectivity index (χ0) is 14.1. The highest BCUT2D eigenvalue weighted by molar-refractivity contribution is 8.00. The number of imide groups is 1. The van der Waals surface area contributed by atoms with Crippen molar-refractivity contribution in [3.8, 4) is 0 Å². The third kappa shape index (κ3) is 6.88. The summed E-state index contributed by atoms with van der Waals surface area (Å²) in [4.78, 5) is 22.8. The molecule has 4 N–H and O–H groups in total. The number of amides is 3. The molecule has 0 aliphatic carbocycles. The molecule has 7 heteroatoms. The Hall–Kier alpha value is -1.47. The van der Waals surface area contributed by atoms with Gasteiger partial charge in [-0.1, -0.05) is 6.92 Å². The van der Waals surface area contributed by atoms with Gasteiger partial charge >= 0.3 is 6.03 Å². The SMILES string of the molecule is CCC(N)CSCC(=O)NC(=O)NCc1ccco1. The van der Waals surface area contributed by atoms with Gasteiger partial charge in [0.2, 0.25) is 5.91 Å². The van der Waals surface area contributed by atoms with Crippen molar-refractivity contribution in [3.63, 3.8) is 0 Å². The van der Waals surface area contributed by atoms with Crippen LogP contribution >= 0.6 is 11.8 Å². The second-order valence-corrected chi connectivity index (χ2v) is 5.02. The van der Waals surface area contributed by atoms with E-state index in [-0.39, 0.29) is 24.2 Å². The number of hydrogen-bond donors (Lipinski definition) is 3. The van der Waals surface area contributed by atoms with Gasteiger partial charge in [0.15, 0.2) is 0 Å². The molecule has 0 bridgehead atoms. The standard InChI is InChI=1S/C12H19N3O3S/c1-2-9(13)7-19-8-11(16)15-12(17)14-6-10-4-3-5-18-10/h3-5,9H,2,6-8,13H2,1H3,(H2,14,15,16,17). The van der Waals surface area contributed by atoms with Crippen LogP contribution in [0.1, 0.15) is 19.1 Å². The lowest BCUT2D eigenvalue weighted by Gasteiger charge is -2.08. The van der Waals surface area contributed by atoms with Crippen LogP contribution in [0.25, 0.3) is 0 Å². The zero-order valence-electron chi connectivity index (χ0n) is 10.8. The van der Waals surface area contributed by atoms with Gasteiger partial charge in [0.05, 0.1) is 18.6 Å². The minimum absolute atomic E-state index is 0.0885. The molecule has 1 aromatic rings. The maximum Gasteiger partial charge on any atom is 0.321 e. The predicted octanol–water partition coefficient (Wildman–Crippen LogP) is 1.08. The first-order chi connectivity index (χ1) is 9.11. The molecule has 106 valence electrons. The average Bonchev–Trinajstić information content (AvgIpc) is 2.89. The summed E-state index contributed by atoms with van der Waals surface area (Å²) in [6, 6.07) is 3.03. The van der Waals surface area contributed by atoms with E-state index in [4.69, 9.17) is 10.2 Å². The molecule has 6 nitrogen and oxygen atoms in total. The fraction of sp³-hybridized carbons (Fsp3) is 0.500. The summed E-state index contributed by atoms with van der Waals surface area (Å²) >= 11 is 1.42. The topological polar surface area (TPSA) is 97.4 Å². The highest BCUT2D eigenvalue weighted by atomic mass is 32.2.